The van der Waals surface area contributed by atoms with Gasteiger partial charge in [0, 0.05) is 27.5 Å². The Kier molecular flexibility index (Phi) is 6.88. The maximum Gasteiger partial charge on any atom is 0.302 e. The van der Waals surface area contributed by atoms with E-state index in [4.69, 9.17) is 14.2 Å². The Labute approximate surface area is 130 Å². The molecule has 2 unspecified atom stereocenters. The molecule has 5 atom stereocenters. The van der Waals surface area contributed by atoms with Crippen LogP contribution in [0.2, 0.25) is 25.7 Å². The molecule has 1 rings (SSSR count). The van der Waals surface area contributed by atoms with Crippen molar-refractivity contribution in [2.75, 3.05) is 13.2 Å². The standard InChI is InChI=1S/C16H32O4Si/c1-11-12(2)15(10-19-14(4)17)20-16(13(11)3)18-8-9-21(5,6)7/h11-13,15-16H,8-10H2,1-7H3/t11-,12+,13?,15?,16+/m0/s1. The van der Waals surface area contributed by atoms with E-state index >= 15 is 0 Å². The van der Waals surface area contributed by atoms with Gasteiger partial charge in [0.05, 0.1) is 6.10 Å². The molecule has 0 aliphatic carbocycles. The first-order valence-corrected chi connectivity index (χ1v) is 11.7. The molecular weight excluding hydrogens is 284 g/mol. The molecule has 1 aliphatic rings. The molecule has 21 heavy (non-hydrogen) atoms. The van der Waals surface area contributed by atoms with Crippen LogP contribution in [-0.4, -0.2) is 39.7 Å². The molecule has 0 aromatic carbocycles. The maximum atomic E-state index is 11.0. The fourth-order valence-electron chi connectivity index (χ4n) is 2.55. The maximum absolute atomic E-state index is 11.0. The van der Waals surface area contributed by atoms with Crippen LogP contribution >= 0.6 is 0 Å². The summed E-state index contributed by atoms with van der Waals surface area (Å²) in [5.74, 6) is 0.941. The lowest BCUT2D eigenvalue weighted by molar-refractivity contribution is -0.254. The van der Waals surface area contributed by atoms with Crippen molar-refractivity contribution in [2.24, 2.45) is 17.8 Å². The van der Waals surface area contributed by atoms with Crippen LogP contribution in [0.4, 0.5) is 0 Å². The predicted octanol–water partition coefficient (Wildman–Crippen LogP) is 3.54. The number of carbonyl (C=O) groups excluding carboxylic acids is 1. The van der Waals surface area contributed by atoms with Gasteiger partial charge in [0.1, 0.15) is 6.61 Å². The fraction of sp³-hybridized carbons (Fsp3) is 0.938. The molecule has 1 aliphatic heterocycles. The topological polar surface area (TPSA) is 44.8 Å². The van der Waals surface area contributed by atoms with Gasteiger partial charge < -0.3 is 14.2 Å². The van der Waals surface area contributed by atoms with Gasteiger partial charge in [-0.05, 0) is 17.9 Å². The number of esters is 1. The second kappa shape index (κ2) is 7.74. The Hall–Kier alpha value is -0.393. The SMILES string of the molecule is CC(=O)OCC1O[C@@H](OCC[Si](C)(C)C)C(C)[C@@H](C)[C@H]1C. The molecule has 124 valence electrons. The smallest absolute Gasteiger partial charge is 0.302 e. The number of hydrogen-bond acceptors (Lipinski definition) is 4. The highest BCUT2D eigenvalue weighted by Crippen LogP contribution is 2.35. The Morgan fingerprint density at radius 2 is 1.71 bits per heavy atom. The monoisotopic (exact) mass is 316 g/mol. The quantitative estimate of drug-likeness (QED) is 0.555. The number of ether oxygens (including phenoxy) is 3. The van der Waals surface area contributed by atoms with Crippen molar-refractivity contribution in [1.29, 1.82) is 0 Å². The summed E-state index contributed by atoms with van der Waals surface area (Å²) >= 11 is 0. The summed E-state index contributed by atoms with van der Waals surface area (Å²) in [6.07, 6.45) is -0.259. The zero-order valence-electron chi connectivity index (χ0n) is 14.6. The molecule has 0 radical (unpaired) electrons. The highest BCUT2D eigenvalue weighted by molar-refractivity contribution is 6.76. The van der Waals surface area contributed by atoms with E-state index < -0.39 is 8.07 Å². The van der Waals surface area contributed by atoms with Crippen molar-refractivity contribution in [3.05, 3.63) is 0 Å². The van der Waals surface area contributed by atoms with Crippen LogP contribution in [0.25, 0.3) is 0 Å². The zero-order chi connectivity index (χ0) is 16.2. The van der Waals surface area contributed by atoms with E-state index in [9.17, 15) is 4.79 Å². The number of carbonyl (C=O) groups is 1. The normalized spacial score (nSPS) is 33.8. The number of hydrogen-bond donors (Lipinski definition) is 0. The lowest BCUT2D eigenvalue weighted by Crippen LogP contribution is -2.48. The second-order valence-corrected chi connectivity index (χ2v) is 13.2. The molecule has 4 nitrogen and oxygen atoms in total. The van der Waals surface area contributed by atoms with Gasteiger partial charge >= 0.3 is 5.97 Å². The summed E-state index contributed by atoms with van der Waals surface area (Å²) in [4.78, 5) is 11.0. The van der Waals surface area contributed by atoms with Gasteiger partial charge in [-0.1, -0.05) is 40.4 Å². The molecule has 1 heterocycles. The van der Waals surface area contributed by atoms with Gasteiger partial charge in [0.25, 0.3) is 0 Å². The van der Waals surface area contributed by atoms with Crippen LogP contribution in [0.15, 0.2) is 0 Å². The summed E-state index contributed by atoms with van der Waals surface area (Å²) in [6.45, 7) is 16.1. The van der Waals surface area contributed by atoms with Gasteiger partial charge in [-0.2, -0.15) is 0 Å². The van der Waals surface area contributed by atoms with E-state index in [2.05, 4.69) is 40.4 Å². The molecule has 0 aromatic rings. The molecule has 0 amide bonds. The van der Waals surface area contributed by atoms with Gasteiger partial charge in [0.15, 0.2) is 6.29 Å². The van der Waals surface area contributed by atoms with E-state index in [0.717, 1.165) is 12.7 Å². The van der Waals surface area contributed by atoms with Crippen LogP contribution < -0.4 is 0 Å². The summed E-state index contributed by atoms with van der Waals surface area (Å²) in [6, 6.07) is 1.14. The lowest BCUT2D eigenvalue weighted by atomic mass is 9.79. The first kappa shape index (κ1) is 18.7. The molecule has 0 N–H and O–H groups in total. The van der Waals surface area contributed by atoms with Gasteiger partial charge in [-0.15, -0.1) is 0 Å². The van der Waals surface area contributed by atoms with Crippen molar-refractivity contribution < 1.29 is 19.0 Å². The van der Waals surface area contributed by atoms with E-state index in [1.165, 1.54) is 6.92 Å². The Morgan fingerprint density at radius 3 is 2.24 bits per heavy atom. The van der Waals surface area contributed by atoms with Crippen LogP contribution in [0.3, 0.4) is 0 Å². The van der Waals surface area contributed by atoms with Crippen LogP contribution in [-0.2, 0) is 19.0 Å². The molecule has 0 saturated carbocycles. The Bertz CT molecular complexity index is 340. The molecule has 1 saturated heterocycles. The minimum Gasteiger partial charge on any atom is -0.463 e. The number of rotatable bonds is 6. The van der Waals surface area contributed by atoms with Crippen molar-refractivity contribution >= 4 is 14.0 Å². The Balaban J connectivity index is 2.56. The lowest BCUT2D eigenvalue weighted by Gasteiger charge is -2.43. The Morgan fingerprint density at radius 1 is 1.10 bits per heavy atom. The van der Waals surface area contributed by atoms with E-state index in [1.807, 2.05) is 0 Å². The predicted molar refractivity (Wildman–Crippen MR) is 86.9 cm³/mol. The first-order chi connectivity index (χ1) is 9.61. The van der Waals surface area contributed by atoms with Crippen LogP contribution in [0.1, 0.15) is 27.7 Å². The first-order valence-electron chi connectivity index (χ1n) is 8.02. The van der Waals surface area contributed by atoms with Crippen LogP contribution in [0.5, 0.6) is 0 Å². The van der Waals surface area contributed by atoms with Crippen molar-refractivity contribution in [1.82, 2.24) is 0 Å². The third-order valence-electron chi connectivity index (χ3n) is 4.57. The largest absolute Gasteiger partial charge is 0.463 e. The average molecular weight is 317 g/mol. The van der Waals surface area contributed by atoms with Crippen molar-refractivity contribution in [2.45, 2.75) is 65.8 Å². The van der Waals surface area contributed by atoms with E-state index in [1.54, 1.807) is 0 Å². The van der Waals surface area contributed by atoms with Gasteiger partial charge in [-0.25, -0.2) is 0 Å². The molecule has 5 heteroatoms. The molecule has 1 fully saturated rings. The summed E-state index contributed by atoms with van der Waals surface area (Å²) in [5, 5.41) is 0. The zero-order valence-corrected chi connectivity index (χ0v) is 15.6. The van der Waals surface area contributed by atoms with Crippen LogP contribution in [0, 0.1) is 17.8 Å². The molecule has 0 spiro atoms. The molecule has 0 aromatic heterocycles. The average Bonchev–Trinajstić information content (AvgIpc) is 2.36. The second-order valence-electron chi connectivity index (χ2n) is 7.60. The summed E-state index contributed by atoms with van der Waals surface area (Å²) < 4.78 is 17.2. The molecule has 0 bridgehead atoms. The minimum absolute atomic E-state index is 0.0722. The third kappa shape index (κ3) is 6.08. The third-order valence-corrected chi connectivity index (χ3v) is 6.27. The fourth-order valence-corrected chi connectivity index (χ4v) is 3.28. The van der Waals surface area contributed by atoms with Gasteiger partial charge in [0.2, 0.25) is 0 Å². The van der Waals surface area contributed by atoms with Crippen molar-refractivity contribution in [3.63, 3.8) is 0 Å². The summed E-state index contributed by atoms with van der Waals surface area (Å²) in [5.41, 5.74) is 0. The molecular formula is C16H32O4Si. The highest BCUT2D eigenvalue weighted by Gasteiger charge is 2.40. The minimum atomic E-state index is -1.09. The highest BCUT2D eigenvalue weighted by atomic mass is 28.3. The van der Waals surface area contributed by atoms with Crippen molar-refractivity contribution in [3.8, 4) is 0 Å². The van der Waals surface area contributed by atoms with Gasteiger partial charge in [-0.3, -0.25) is 4.79 Å². The van der Waals surface area contributed by atoms with E-state index in [-0.39, 0.29) is 18.4 Å². The van der Waals surface area contributed by atoms with E-state index in [0.29, 0.717) is 24.4 Å². The summed E-state index contributed by atoms with van der Waals surface area (Å²) in [7, 11) is -1.09.